The molecule has 0 fully saturated rings. The Morgan fingerprint density at radius 1 is 1.38 bits per heavy atom. The minimum Gasteiger partial charge on any atom is -0.477 e. The van der Waals surface area contributed by atoms with Gasteiger partial charge in [-0.05, 0) is 24.3 Å². The van der Waals surface area contributed by atoms with Crippen molar-refractivity contribution < 1.29 is 14.3 Å². The van der Waals surface area contributed by atoms with Gasteiger partial charge in [0.15, 0.2) is 0 Å². The van der Waals surface area contributed by atoms with Crippen molar-refractivity contribution in [2.75, 3.05) is 0 Å². The molecule has 1 aromatic carbocycles. The van der Waals surface area contributed by atoms with Crippen LogP contribution in [0.15, 0.2) is 40.3 Å². The van der Waals surface area contributed by atoms with Gasteiger partial charge >= 0.3 is 5.97 Å². The van der Waals surface area contributed by atoms with E-state index in [9.17, 15) is 9.18 Å². The zero-order valence-corrected chi connectivity index (χ0v) is 12.8. The van der Waals surface area contributed by atoms with Gasteiger partial charge in [0.25, 0.3) is 0 Å². The summed E-state index contributed by atoms with van der Waals surface area (Å²) in [4.78, 5) is 17.9. The molecule has 0 unspecified atom stereocenters. The maximum Gasteiger partial charge on any atom is 0.352 e. The molecule has 4 nitrogen and oxygen atoms in total. The second-order valence-electron chi connectivity index (χ2n) is 4.27. The highest BCUT2D eigenvalue weighted by molar-refractivity contribution is 9.10. The Kier molecular flexibility index (Phi) is 3.60. The molecular weight excluding hydrogens is 359 g/mol. The molecule has 2 heterocycles. The summed E-state index contributed by atoms with van der Waals surface area (Å²) in [5, 5.41) is 11.2. The summed E-state index contributed by atoms with van der Waals surface area (Å²) in [7, 11) is 0. The van der Waals surface area contributed by atoms with E-state index in [1.807, 2.05) is 0 Å². The van der Waals surface area contributed by atoms with Gasteiger partial charge in [-0.25, -0.2) is 14.2 Å². The van der Waals surface area contributed by atoms with Crippen molar-refractivity contribution in [2.45, 2.75) is 0 Å². The lowest BCUT2D eigenvalue weighted by Crippen LogP contribution is -1.94. The summed E-state index contributed by atoms with van der Waals surface area (Å²) in [5.41, 5.74) is 1.77. The maximum atomic E-state index is 13.8. The molecule has 106 valence electrons. The molecule has 3 rings (SSSR count). The number of nitrogens with zero attached hydrogens (tertiary/aromatic N) is 1. The van der Waals surface area contributed by atoms with Gasteiger partial charge in [-0.2, -0.15) is 0 Å². The first-order valence-electron chi connectivity index (χ1n) is 5.87. The quantitative estimate of drug-likeness (QED) is 0.721. The number of aromatic nitrogens is 2. The molecule has 0 saturated heterocycles. The molecule has 0 aliphatic carbocycles. The van der Waals surface area contributed by atoms with E-state index in [4.69, 9.17) is 5.11 Å². The predicted octanol–water partition coefficient (Wildman–Crippen LogP) is 4.41. The fourth-order valence-electron chi connectivity index (χ4n) is 1.86. The lowest BCUT2D eigenvalue weighted by Gasteiger charge is -1.99. The molecule has 0 aliphatic rings. The highest BCUT2D eigenvalue weighted by Crippen LogP contribution is 2.32. The van der Waals surface area contributed by atoms with Gasteiger partial charge in [0.2, 0.25) is 0 Å². The number of hydrogen-bond acceptors (Lipinski definition) is 3. The average molecular weight is 367 g/mol. The summed E-state index contributed by atoms with van der Waals surface area (Å²) in [5.74, 6) is -1.38. The second kappa shape index (κ2) is 5.42. The zero-order valence-electron chi connectivity index (χ0n) is 10.4. The molecule has 0 amide bonds. The second-order valence-corrected chi connectivity index (χ2v) is 6.04. The molecule has 2 N–H and O–H groups in total. The van der Waals surface area contributed by atoms with Gasteiger partial charge in [0, 0.05) is 27.2 Å². The first-order valence-corrected chi connectivity index (χ1v) is 7.55. The van der Waals surface area contributed by atoms with Gasteiger partial charge in [0.05, 0.1) is 5.69 Å². The number of nitrogens with one attached hydrogen (secondary N) is 1. The maximum absolute atomic E-state index is 13.8. The van der Waals surface area contributed by atoms with Crippen LogP contribution in [0.2, 0.25) is 0 Å². The molecule has 0 bridgehead atoms. The molecule has 0 saturated carbocycles. The zero-order chi connectivity index (χ0) is 15.0. The summed E-state index contributed by atoms with van der Waals surface area (Å²) in [6.45, 7) is 0. The van der Waals surface area contributed by atoms with Crippen molar-refractivity contribution in [1.82, 2.24) is 9.97 Å². The van der Waals surface area contributed by atoms with Gasteiger partial charge in [-0.1, -0.05) is 15.9 Å². The lowest BCUT2D eigenvalue weighted by atomic mass is 10.2. The van der Waals surface area contributed by atoms with Crippen LogP contribution in [0.5, 0.6) is 0 Å². The normalized spacial score (nSPS) is 10.8. The van der Waals surface area contributed by atoms with E-state index >= 15 is 0 Å². The lowest BCUT2D eigenvalue weighted by molar-refractivity contribution is 0.0691. The molecule has 21 heavy (non-hydrogen) atoms. The van der Waals surface area contributed by atoms with Crippen LogP contribution >= 0.6 is 27.3 Å². The predicted molar refractivity (Wildman–Crippen MR) is 82.0 cm³/mol. The van der Waals surface area contributed by atoms with Crippen LogP contribution in [0.4, 0.5) is 4.39 Å². The molecule has 0 radical (unpaired) electrons. The Bertz CT molecular complexity index is 828. The third-order valence-corrected chi connectivity index (χ3v) is 4.24. The SMILES string of the molecule is O=C(O)c1cc(-c2csc(-c3cc(Br)ccc3F)n2)c[nH]1. The van der Waals surface area contributed by atoms with Gasteiger partial charge < -0.3 is 10.1 Å². The number of hydrogen-bond donors (Lipinski definition) is 2. The summed E-state index contributed by atoms with van der Waals surface area (Å²) < 4.78 is 14.6. The van der Waals surface area contributed by atoms with E-state index < -0.39 is 5.97 Å². The number of carbonyl (C=O) groups is 1. The Morgan fingerprint density at radius 2 is 2.19 bits per heavy atom. The van der Waals surface area contributed by atoms with Gasteiger partial charge in [-0.3, -0.25) is 0 Å². The van der Waals surface area contributed by atoms with E-state index in [1.165, 1.54) is 23.5 Å². The molecule has 0 aliphatic heterocycles. The number of halogens is 2. The van der Waals surface area contributed by atoms with Gasteiger partial charge in [-0.15, -0.1) is 11.3 Å². The van der Waals surface area contributed by atoms with E-state index in [2.05, 4.69) is 25.9 Å². The third-order valence-electron chi connectivity index (χ3n) is 2.87. The van der Waals surface area contributed by atoms with Crippen LogP contribution in [0.3, 0.4) is 0 Å². The van der Waals surface area contributed by atoms with Crippen molar-refractivity contribution in [3.8, 4) is 21.8 Å². The number of carboxylic acid groups (broad SMARTS) is 1. The van der Waals surface area contributed by atoms with E-state index in [0.29, 0.717) is 21.8 Å². The number of rotatable bonds is 3. The molecule has 7 heteroatoms. The fraction of sp³-hybridized carbons (Fsp3) is 0. The standard InChI is InChI=1S/C14H8BrFN2O2S/c15-8-1-2-10(16)9(4-8)13-18-12(6-21-13)7-3-11(14(19)20)17-5-7/h1-6,17H,(H,19,20). The molecule has 0 spiro atoms. The number of thiazole rings is 1. The fourth-order valence-corrected chi connectivity index (χ4v) is 3.06. The molecular formula is C14H8BrFN2O2S. The van der Waals surface area contributed by atoms with Crippen LogP contribution in [-0.2, 0) is 0 Å². The molecule has 3 aromatic rings. The number of aromatic amines is 1. The highest BCUT2D eigenvalue weighted by Gasteiger charge is 2.13. The Hall–Kier alpha value is -1.99. The number of benzene rings is 1. The number of carboxylic acids is 1. The van der Waals surface area contributed by atoms with E-state index in [-0.39, 0.29) is 11.5 Å². The summed E-state index contributed by atoms with van der Waals surface area (Å²) in [6.07, 6.45) is 1.57. The first-order chi connectivity index (χ1) is 10.0. The number of H-pyrrole nitrogens is 1. The average Bonchev–Trinajstić information content (AvgIpc) is 3.09. The van der Waals surface area contributed by atoms with E-state index in [0.717, 1.165) is 4.47 Å². The third kappa shape index (κ3) is 2.74. The van der Waals surface area contributed by atoms with Crippen LogP contribution in [0, 0.1) is 5.82 Å². The van der Waals surface area contributed by atoms with Crippen LogP contribution in [0.25, 0.3) is 21.8 Å². The largest absolute Gasteiger partial charge is 0.477 e. The van der Waals surface area contributed by atoms with Crippen molar-refractivity contribution in [3.63, 3.8) is 0 Å². The summed E-state index contributed by atoms with van der Waals surface area (Å²) in [6, 6.07) is 6.16. The number of aromatic carboxylic acids is 1. The van der Waals surface area contributed by atoms with Crippen LogP contribution in [-0.4, -0.2) is 21.0 Å². The first kappa shape index (κ1) is 14.0. The van der Waals surface area contributed by atoms with Crippen LogP contribution < -0.4 is 0 Å². The molecule has 0 atom stereocenters. The molecule has 2 aromatic heterocycles. The monoisotopic (exact) mass is 366 g/mol. The van der Waals surface area contributed by atoms with Crippen molar-refractivity contribution in [3.05, 3.63) is 51.8 Å². The van der Waals surface area contributed by atoms with Crippen molar-refractivity contribution in [1.29, 1.82) is 0 Å². The van der Waals surface area contributed by atoms with Crippen molar-refractivity contribution >= 4 is 33.2 Å². The van der Waals surface area contributed by atoms with E-state index in [1.54, 1.807) is 23.7 Å². The minimum absolute atomic E-state index is 0.0909. The Morgan fingerprint density at radius 3 is 2.90 bits per heavy atom. The Balaban J connectivity index is 1.99. The van der Waals surface area contributed by atoms with Crippen molar-refractivity contribution in [2.24, 2.45) is 0 Å². The van der Waals surface area contributed by atoms with Gasteiger partial charge in [0.1, 0.15) is 16.5 Å². The van der Waals surface area contributed by atoms with Crippen LogP contribution in [0.1, 0.15) is 10.5 Å². The summed E-state index contributed by atoms with van der Waals surface area (Å²) >= 11 is 4.61. The minimum atomic E-state index is -1.03. The topological polar surface area (TPSA) is 66.0 Å². The highest BCUT2D eigenvalue weighted by atomic mass is 79.9. The smallest absolute Gasteiger partial charge is 0.352 e. The Labute approximate surface area is 131 Å².